The summed E-state index contributed by atoms with van der Waals surface area (Å²) in [7, 11) is 1.07. The second kappa shape index (κ2) is 8.28. The predicted molar refractivity (Wildman–Crippen MR) is 98.4 cm³/mol. The van der Waals surface area contributed by atoms with Gasteiger partial charge in [0.25, 0.3) is 5.91 Å². The summed E-state index contributed by atoms with van der Waals surface area (Å²) in [6.45, 7) is 2.15. The Kier molecular flexibility index (Phi) is 6.44. The van der Waals surface area contributed by atoms with Crippen LogP contribution >= 0.6 is 0 Å². The number of halogens is 7. The number of aryl methyl sites for hydroxylation is 2. The zero-order valence-electron chi connectivity index (χ0n) is 16.6. The lowest BCUT2D eigenvalue weighted by Gasteiger charge is -2.31. The second-order valence-corrected chi connectivity index (χ2v) is 6.71. The van der Waals surface area contributed by atoms with Crippen molar-refractivity contribution in [1.29, 1.82) is 0 Å². The number of carbonyl (C=O) groups excluding carboxylic acids is 1. The third-order valence-electron chi connectivity index (χ3n) is 4.59. The van der Waals surface area contributed by atoms with E-state index in [1.807, 2.05) is 0 Å². The van der Waals surface area contributed by atoms with Crippen molar-refractivity contribution in [3.8, 4) is 5.75 Å². The Labute approximate surface area is 176 Å². The molecule has 0 bridgehead atoms. The van der Waals surface area contributed by atoms with Crippen molar-refractivity contribution in [2.45, 2.75) is 31.9 Å². The van der Waals surface area contributed by atoms with Gasteiger partial charge in [0, 0.05) is 17.3 Å². The minimum Gasteiger partial charge on any atom is -0.490 e. The highest BCUT2D eigenvalue weighted by atomic mass is 19.4. The van der Waals surface area contributed by atoms with Crippen LogP contribution in [0.2, 0.25) is 0 Å². The van der Waals surface area contributed by atoms with Crippen molar-refractivity contribution in [2.75, 3.05) is 12.4 Å². The molecule has 0 aliphatic carbocycles. The number of ether oxygens (including phenoxy) is 1. The van der Waals surface area contributed by atoms with Gasteiger partial charge in [0.15, 0.2) is 0 Å². The Morgan fingerprint density at radius 1 is 1.00 bits per heavy atom. The highest BCUT2D eigenvalue weighted by Crippen LogP contribution is 2.53. The van der Waals surface area contributed by atoms with Crippen molar-refractivity contribution in [3.05, 3.63) is 62.7 Å². The van der Waals surface area contributed by atoms with Gasteiger partial charge in [-0.1, -0.05) is 18.2 Å². The van der Waals surface area contributed by atoms with Gasteiger partial charge in [0.1, 0.15) is 0 Å². The highest BCUT2D eigenvalue weighted by molar-refractivity contribution is 6.07. The van der Waals surface area contributed by atoms with Crippen LogP contribution in [0.25, 0.3) is 0 Å². The van der Waals surface area contributed by atoms with Crippen LogP contribution in [0.4, 0.5) is 42.1 Å². The molecule has 0 aliphatic heterocycles. The van der Waals surface area contributed by atoms with Crippen LogP contribution in [0.15, 0.2) is 30.3 Å². The van der Waals surface area contributed by atoms with E-state index >= 15 is 0 Å². The summed E-state index contributed by atoms with van der Waals surface area (Å²) in [4.78, 5) is 22.9. The van der Waals surface area contributed by atoms with E-state index in [4.69, 9.17) is 4.74 Å². The van der Waals surface area contributed by atoms with Crippen LogP contribution in [0.1, 0.15) is 27.0 Å². The number of methoxy groups -OCH3 is 1. The van der Waals surface area contributed by atoms with E-state index in [9.17, 15) is 45.6 Å². The van der Waals surface area contributed by atoms with E-state index in [2.05, 4.69) is 5.32 Å². The molecule has 0 aromatic heterocycles. The molecule has 6 nitrogen and oxygen atoms in total. The Morgan fingerprint density at radius 2 is 1.50 bits per heavy atom. The van der Waals surface area contributed by atoms with Crippen LogP contribution in [-0.4, -0.2) is 30.3 Å². The van der Waals surface area contributed by atoms with Crippen LogP contribution in [0.5, 0.6) is 5.75 Å². The van der Waals surface area contributed by atoms with Crippen LogP contribution in [0.3, 0.4) is 0 Å². The van der Waals surface area contributed by atoms with E-state index in [1.54, 1.807) is 0 Å². The van der Waals surface area contributed by atoms with E-state index in [0.717, 1.165) is 27.0 Å². The highest BCUT2D eigenvalue weighted by Gasteiger charge is 2.73. The molecule has 0 atom stereocenters. The van der Waals surface area contributed by atoms with Crippen molar-refractivity contribution >= 4 is 17.3 Å². The van der Waals surface area contributed by atoms with Gasteiger partial charge in [-0.25, -0.2) is 4.39 Å². The number of benzene rings is 2. The van der Waals surface area contributed by atoms with E-state index in [1.165, 1.54) is 12.1 Å². The SMILES string of the molecule is COc1c(C(=O)Nc2c(C)cc(C(F)(C(F)(F)F)C(F)(F)F)cc2C)cccc1[N+](=O)[O-]. The summed E-state index contributed by atoms with van der Waals surface area (Å²) in [6.07, 6.45) is -12.6. The normalized spacial score (nSPS) is 12.4. The summed E-state index contributed by atoms with van der Waals surface area (Å²) in [5, 5.41) is 13.4. The number of para-hydroxylation sites is 1. The fourth-order valence-electron chi connectivity index (χ4n) is 3.09. The molecule has 2 aromatic carbocycles. The zero-order valence-corrected chi connectivity index (χ0v) is 16.6. The fourth-order valence-corrected chi connectivity index (χ4v) is 3.09. The molecule has 0 radical (unpaired) electrons. The topological polar surface area (TPSA) is 81.5 Å². The fraction of sp³-hybridized carbons (Fsp3) is 0.316. The lowest BCUT2D eigenvalue weighted by atomic mass is 9.90. The smallest absolute Gasteiger partial charge is 0.435 e. The molecule has 1 amide bonds. The molecule has 13 heteroatoms. The Balaban J connectivity index is 2.55. The van der Waals surface area contributed by atoms with Crippen molar-refractivity contribution in [3.63, 3.8) is 0 Å². The van der Waals surface area contributed by atoms with Gasteiger partial charge in [0.05, 0.1) is 17.6 Å². The number of hydrogen-bond donors (Lipinski definition) is 1. The summed E-state index contributed by atoms with van der Waals surface area (Å²) >= 11 is 0. The molecule has 0 unspecified atom stereocenters. The first kappa shape index (κ1) is 24.9. The Hall–Kier alpha value is -3.38. The zero-order chi connectivity index (χ0) is 24.6. The maximum Gasteiger partial charge on any atom is 0.435 e. The first-order valence-electron chi connectivity index (χ1n) is 8.63. The number of carbonyl (C=O) groups is 1. The summed E-state index contributed by atoms with van der Waals surface area (Å²) in [5.41, 5.74) is -8.96. The van der Waals surface area contributed by atoms with Crippen LogP contribution in [-0.2, 0) is 5.67 Å². The number of nitrogens with zero attached hydrogens (tertiary/aromatic N) is 1. The van der Waals surface area contributed by atoms with Gasteiger partial charge >= 0.3 is 23.7 Å². The molecule has 32 heavy (non-hydrogen) atoms. The van der Waals surface area contributed by atoms with Gasteiger partial charge in [-0.15, -0.1) is 0 Å². The molecular weight excluding hydrogens is 453 g/mol. The van der Waals surface area contributed by atoms with Crippen LogP contribution in [0, 0.1) is 24.0 Å². The summed E-state index contributed by atoms with van der Waals surface area (Å²) < 4.78 is 97.5. The number of anilines is 1. The van der Waals surface area contributed by atoms with E-state index in [0.29, 0.717) is 12.1 Å². The van der Waals surface area contributed by atoms with E-state index < -0.39 is 45.9 Å². The number of nitro benzene ring substituents is 1. The number of nitrogens with one attached hydrogen (secondary N) is 1. The molecule has 0 saturated heterocycles. The lowest BCUT2D eigenvalue weighted by molar-refractivity contribution is -0.385. The third kappa shape index (κ3) is 4.18. The minimum absolute atomic E-state index is 0.195. The van der Waals surface area contributed by atoms with Gasteiger partial charge < -0.3 is 10.1 Å². The molecule has 0 spiro atoms. The monoisotopic (exact) mass is 468 g/mol. The van der Waals surface area contributed by atoms with Gasteiger partial charge in [-0.2, -0.15) is 26.3 Å². The Bertz CT molecular complexity index is 1030. The molecule has 1 N–H and O–H groups in total. The standard InChI is InChI=1S/C19H15F7N2O4/c1-9-7-11(17(20,18(21,22)23)19(24,25)26)8-10(2)14(9)27-16(29)12-5-4-6-13(28(30)31)15(12)32-3/h4-8H,1-3H3,(H,27,29). The first-order chi connectivity index (χ1) is 14.6. The molecule has 0 aliphatic rings. The number of hydrogen-bond acceptors (Lipinski definition) is 4. The first-order valence-corrected chi connectivity index (χ1v) is 8.63. The van der Waals surface area contributed by atoms with Gasteiger partial charge in [-0.05, 0) is 31.0 Å². The average Bonchev–Trinajstić information content (AvgIpc) is 2.67. The number of amides is 1. The number of alkyl halides is 7. The largest absolute Gasteiger partial charge is 0.490 e. The maximum atomic E-state index is 14.4. The lowest BCUT2D eigenvalue weighted by Crippen LogP contribution is -2.50. The molecule has 0 fully saturated rings. The average molecular weight is 468 g/mol. The van der Waals surface area contributed by atoms with Crippen molar-refractivity contribution in [1.82, 2.24) is 0 Å². The third-order valence-corrected chi connectivity index (χ3v) is 4.59. The number of rotatable bonds is 5. The van der Waals surface area contributed by atoms with Crippen molar-refractivity contribution < 1.29 is 45.2 Å². The predicted octanol–water partition coefficient (Wildman–Crippen LogP) is 5.76. The molecule has 0 saturated carbocycles. The quantitative estimate of drug-likeness (QED) is 0.344. The Morgan fingerprint density at radius 3 is 1.91 bits per heavy atom. The second-order valence-electron chi connectivity index (χ2n) is 6.71. The minimum atomic E-state index is -6.29. The van der Waals surface area contributed by atoms with Gasteiger partial charge in [-0.3, -0.25) is 14.9 Å². The molecule has 174 valence electrons. The maximum absolute atomic E-state index is 14.4. The van der Waals surface area contributed by atoms with E-state index in [-0.39, 0.29) is 22.4 Å². The molecule has 2 rings (SSSR count). The van der Waals surface area contributed by atoms with Gasteiger partial charge in [0.2, 0.25) is 5.75 Å². The molecule has 0 heterocycles. The summed E-state index contributed by atoms with van der Waals surface area (Å²) in [6, 6.07) is 4.07. The summed E-state index contributed by atoms with van der Waals surface area (Å²) in [5.74, 6) is -1.39. The van der Waals surface area contributed by atoms with Crippen molar-refractivity contribution in [2.24, 2.45) is 0 Å². The molecular formula is C19H15F7N2O4. The molecule has 2 aromatic rings. The number of nitro groups is 1. The van der Waals surface area contributed by atoms with Crippen LogP contribution < -0.4 is 10.1 Å².